The molecular formula is C14H22N4O3S. The Morgan fingerprint density at radius 1 is 1.41 bits per heavy atom. The molecule has 2 N–H and O–H groups in total. The van der Waals surface area contributed by atoms with Gasteiger partial charge in [-0.1, -0.05) is 0 Å². The third-order valence-electron chi connectivity index (χ3n) is 3.45. The molecule has 0 aliphatic carbocycles. The number of amides is 1. The molecule has 8 heteroatoms. The number of pyridine rings is 1. The van der Waals surface area contributed by atoms with Crippen LogP contribution in [-0.4, -0.2) is 68.9 Å². The quantitative estimate of drug-likeness (QED) is 0.763. The van der Waals surface area contributed by atoms with Gasteiger partial charge in [-0.15, -0.1) is 0 Å². The Morgan fingerprint density at radius 2 is 2.18 bits per heavy atom. The minimum atomic E-state index is -3.00. The Bertz CT molecular complexity index is 613. The number of hydrogen-bond donors (Lipinski definition) is 2. The molecule has 1 fully saturated rings. The standard InChI is InChI=1S/C14H22N4O3S/c1-18(2)7-6-15-11-3-4-13(16-9-11)14(19)17-12-5-8-22(20,21)10-12/h3-4,9,12,15H,5-8,10H2,1-2H3,(H,17,19). The fourth-order valence-electron chi connectivity index (χ4n) is 2.22. The van der Waals surface area contributed by atoms with E-state index in [0.29, 0.717) is 12.1 Å². The molecule has 1 amide bonds. The van der Waals surface area contributed by atoms with Gasteiger partial charge in [-0.2, -0.15) is 0 Å². The fraction of sp³-hybridized carbons (Fsp3) is 0.571. The van der Waals surface area contributed by atoms with E-state index in [1.807, 2.05) is 14.1 Å². The smallest absolute Gasteiger partial charge is 0.270 e. The van der Waals surface area contributed by atoms with Gasteiger partial charge in [0.25, 0.3) is 5.91 Å². The van der Waals surface area contributed by atoms with Crippen LogP contribution in [0.3, 0.4) is 0 Å². The summed E-state index contributed by atoms with van der Waals surface area (Å²) in [5.41, 5.74) is 1.14. The van der Waals surface area contributed by atoms with Crippen molar-refractivity contribution < 1.29 is 13.2 Å². The first-order chi connectivity index (χ1) is 10.4. The lowest BCUT2D eigenvalue weighted by molar-refractivity contribution is 0.0936. The lowest BCUT2D eigenvalue weighted by atomic mass is 10.2. The molecule has 122 valence electrons. The molecule has 0 aromatic carbocycles. The van der Waals surface area contributed by atoms with Gasteiger partial charge in [-0.05, 0) is 32.6 Å². The van der Waals surface area contributed by atoms with Crippen molar-refractivity contribution in [2.75, 3.05) is 44.0 Å². The van der Waals surface area contributed by atoms with Gasteiger partial charge in [0.2, 0.25) is 0 Å². The first-order valence-electron chi connectivity index (χ1n) is 7.22. The van der Waals surface area contributed by atoms with Gasteiger partial charge in [0, 0.05) is 19.1 Å². The first-order valence-corrected chi connectivity index (χ1v) is 9.04. The highest BCUT2D eigenvalue weighted by molar-refractivity contribution is 7.91. The molecular weight excluding hydrogens is 304 g/mol. The van der Waals surface area contributed by atoms with Gasteiger partial charge in [0.15, 0.2) is 9.84 Å². The molecule has 0 spiro atoms. The van der Waals surface area contributed by atoms with Crippen LogP contribution in [0.15, 0.2) is 18.3 Å². The van der Waals surface area contributed by atoms with Crippen LogP contribution in [0, 0.1) is 0 Å². The predicted molar refractivity (Wildman–Crippen MR) is 85.8 cm³/mol. The van der Waals surface area contributed by atoms with E-state index in [0.717, 1.165) is 18.8 Å². The summed E-state index contributed by atoms with van der Waals surface area (Å²) in [5.74, 6) is -0.176. The van der Waals surface area contributed by atoms with E-state index in [4.69, 9.17) is 0 Å². The van der Waals surface area contributed by atoms with Crippen molar-refractivity contribution in [2.45, 2.75) is 12.5 Å². The molecule has 1 atom stereocenters. The van der Waals surface area contributed by atoms with Gasteiger partial charge in [-0.25, -0.2) is 13.4 Å². The maximum absolute atomic E-state index is 12.0. The minimum Gasteiger partial charge on any atom is -0.383 e. The summed E-state index contributed by atoms with van der Waals surface area (Å²) in [7, 11) is 0.997. The number of anilines is 1. The topological polar surface area (TPSA) is 91.4 Å². The van der Waals surface area contributed by atoms with Crippen LogP contribution in [0.5, 0.6) is 0 Å². The van der Waals surface area contributed by atoms with Gasteiger partial charge in [0.1, 0.15) is 5.69 Å². The zero-order valence-electron chi connectivity index (χ0n) is 12.9. The Balaban J connectivity index is 1.86. The predicted octanol–water partition coefficient (Wildman–Crippen LogP) is -0.0280. The van der Waals surface area contributed by atoms with E-state index in [9.17, 15) is 13.2 Å². The fourth-order valence-corrected chi connectivity index (χ4v) is 3.90. The molecule has 7 nitrogen and oxygen atoms in total. The van der Waals surface area contributed by atoms with Crippen molar-refractivity contribution in [3.8, 4) is 0 Å². The second kappa shape index (κ2) is 7.06. The molecule has 22 heavy (non-hydrogen) atoms. The maximum atomic E-state index is 12.0. The molecule has 1 saturated heterocycles. The average Bonchev–Trinajstić information content (AvgIpc) is 2.78. The van der Waals surface area contributed by atoms with E-state index in [2.05, 4.69) is 20.5 Å². The monoisotopic (exact) mass is 326 g/mol. The molecule has 1 aliphatic heterocycles. The highest BCUT2D eigenvalue weighted by Gasteiger charge is 2.29. The molecule has 2 rings (SSSR count). The number of hydrogen-bond acceptors (Lipinski definition) is 6. The van der Waals surface area contributed by atoms with Gasteiger partial charge < -0.3 is 15.5 Å². The first kappa shape index (κ1) is 16.7. The highest BCUT2D eigenvalue weighted by atomic mass is 32.2. The second-order valence-corrected chi connectivity index (χ2v) is 7.96. The summed E-state index contributed by atoms with van der Waals surface area (Å²) in [6, 6.07) is 3.12. The molecule has 1 aromatic rings. The zero-order chi connectivity index (χ0) is 16.2. The van der Waals surface area contributed by atoms with Crippen molar-refractivity contribution in [1.29, 1.82) is 0 Å². The molecule has 0 bridgehead atoms. The summed E-state index contributed by atoms with van der Waals surface area (Å²) < 4.78 is 22.7. The Kier molecular flexibility index (Phi) is 5.36. The van der Waals surface area contributed by atoms with Crippen LogP contribution in [0.25, 0.3) is 0 Å². The van der Waals surface area contributed by atoms with E-state index >= 15 is 0 Å². The number of carbonyl (C=O) groups is 1. The second-order valence-electron chi connectivity index (χ2n) is 5.74. The highest BCUT2D eigenvalue weighted by Crippen LogP contribution is 2.12. The number of sulfone groups is 1. The van der Waals surface area contributed by atoms with Gasteiger partial charge in [0.05, 0.1) is 23.4 Å². The van der Waals surface area contributed by atoms with Crippen molar-refractivity contribution >= 4 is 21.4 Å². The summed E-state index contributed by atoms with van der Waals surface area (Å²) in [4.78, 5) is 18.2. The van der Waals surface area contributed by atoms with Crippen molar-refractivity contribution in [2.24, 2.45) is 0 Å². The Labute approximate surface area is 131 Å². The van der Waals surface area contributed by atoms with Crippen LogP contribution in [0.1, 0.15) is 16.9 Å². The van der Waals surface area contributed by atoms with E-state index in [1.165, 1.54) is 0 Å². The SMILES string of the molecule is CN(C)CCNc1ccc(C(=O)NC2CCS(=O)(=O)C2)nc1. The van der Waals surface area contributed by atoms with Crippen LogP contribution < -0.4 is 10.6 Å². The molecule has 1 unspecified atom stereocenters. The number of likely N-dealkylation sites (N-methyl/N-ethyl adjacent to an activating group) is 1. The summed E-state index contributed by atoms with van der Waals surface area (Å²) >= 11 is 0. The largest absolute Gasteiger partial charge is 0.383 e. The summed E-state index contributed by atoms with van der Waals surface area (Å²) in [6.45, 7) is 1.69. The molecule has 1 aliphatic rings. The van der Waals surface area contributed by atoms with Crippen molar-refractivity contribution in [3.63, 3.8) is 0 Å². The average molecular weight is 326 g/mol. The van der Waals surface area contributed by atoms with Gasteiger partial charge >= 0.3 is 0 Å². The Hall–Kier alpha value is -1.67. The molecule has 0 radical (unpaired) electrons. The third kappa shape index (κ3) is 4.96. The van der Waals surface area contributed by atoms with Crippen LogP contribution in [-0.2, 0) is 9.84 Å². The number of nitrogens with zero attached hydrogens (tertiary/aromatic N) is 2. The summed E-state index contributed by atoms with van der Waals surface area (Å²) in [5, 5.41) is 5.93. The summed E-state index contributed by atoms with van der Waals surface area (Å²) in [6.07, 6.45) is 2.08. The number of rotatable bonds is 6. The van der Waals surface area contributed by atoms with Crippen LogP contribution in [0.2, 0.25) is 0 Å². The number of carbonyl (C=O) groups excluding carboxylic acids is 1. The Morgan fingerprint density at radius 3 is 2.73 bits per heavy atom. The van der Waals surface area contributed by atoms with Crippen LogP contribution >= 0.6 is 0 Å². The minimum absolute atomic E-state index is 0.0168. The maximum Gasteiger partial charge on any atom is 0.270 e. The third-order valence-corrected chi connectivity index (χ3v) is 5.22. The normalized spacial score (nSPS) is 20.0. The van der Waals surface area contributed by atoms with E-state index in [-0.39, 0.29) is 23.5 Å². The number of nitrogens with one attached hydrogen (secondary N) is 2. The van der Waals surface area contributed by atoms with Crippen molar-refractivity contribution in [3.05, 3.63) is 24.0 Å². The van der Waals surface area contributed by atoms with E-state index in [1.54, 1.807) is 18.3 Å². The molecule has 1 aromatic heterocycles. The van der Waals surface area contributed by atoms with Gasteiger partial charge in [-0.3, -0.25) is 4.79 Å². The van der Waals surface area contributed by atoms with Crippen LogP contribution in [0.4, 0.5) is 5.69 Å². The van der Waals surface area contributed by atoms with Crippen molar-refractivity contribution in [1.82, 2.24) is 15.2 Å². The molecule has 0 saturated carbocycles. The lowest BCUT2D eigenvalue weighted by Crippen LogP contribution is -2.36. The lowest BCUT2D eigenvalue weighted by Gasteiger charge is -2.12. The molecule has 2 heterocycles. The van der Waals surface area contributed by atoms with E-state index < -0.39 is 9.84 Å². The number of aromatic nitrogens is 1. The zero-order valence-corrected chi connectivity index (χ0v) is 13.7.